The maximum Gasteiger partial charge on any atom is 0.127 e. The van der Waals surface area contributed by atoms with Crippen LogP contribution in [0.15, 0.2) is 18.2 Å². The first-order valence-corrected chi connectivity index (χ1v) is 4.22. The lowest BCUT2D eigenvalue weighted by Gasteiger charge is -2.06. The Morgan fingerprint density at radius 1 is 1.31 bits per heavy atom. The largest absolute Gasteiger partial charge is 0.399 e. The van der Waals surface area contributed by atoms with Crippen LogP contribution >= 0.6 is 0 Å². The van der Waals surface area contributed by atoms with Gasteiger partial charge < -0.3 is 16.8 Å². The molecule has 0 fully saturated rings. The predicted molar refractivity (Wildman–Crippen MR) is 53.0 cm³/mol. The van der Waals surface area contributed by atoms with Crippen LogP contribution in [0.1, 0.15) is 6.42 Å². The van der Waals surface area contributed by atoms with Crippen molar-refractivity contribution in [1.82, 2.24) is 0 Å². The van der Waals surface area contributed by atoms with Crippen molar-refractivity contribution in [3.8, 4) is 0 Å². The van der Waals surface area contributed by atoms with Gasteiger partial charge in [0.25, 0.3) is 0 Å². The first-order chi connectivity index (χ1) is 6.22. The van der Waals surface area contributed by atoms with Crippen molar-refractivity contribution >= 4 is 11.4 Å². The summed E-state index contributed by atoms with van der Waals surface area (Å²) in [6, 6.07) is 4.39. The number of anilines is 2. The third kappa shape index (κ3) is 3.29. The first-order valence-electron chi connectivity index (χ1n) is 4.22. The Bertz CT molecular complexity index is 255. The molecule has 0 atom stereocenters. The van der Waals surface area contributed by atoms with E-state index in [4.69, 9.17) is 11.5 Å². The lowest BCUT2D eigenvalue weighted by molar-refractivity contribution is 0.629. The second kappa shape index (κ2) is 4.67. The van der Waals surface area contributed by atoms with Crippen LogP contribution in [0.2, 0.25) is 0 Å². The minimum absolute atomic E-state index is 0.324. The quantitative estimate of drug-likeness (QED) is 0.485. The molecule has 0 radical (unpaired) electrons. The third-order valence-corrected chi connectivity index (χ3v) is 1.63. The number of nitrogen functional groups attached to an aromatic ring is 1. The van der Waals surface area contributed by atoms with E-state index in [1.165, 1.54) is 12.1 Å². The van der Waals surface area contributed by atoms with Gasteiger partial charge in [0.15, 0.2) is 0 Å². The van der Waals surface area contributed by atoms with Gasteiger partial charge >= 0.3 is 0 Å². The van der Waals surface area contributed by atoms with Gasteiger partial charge in [-0.1, -0.05) is 0 Å². The summed E-state index contributed by atoms with van der Waals surface area (Å²) in [6.45, 7) is 1.36. The van der Waals surface area contributed by atoms with Crippen LogP contribution in [0.3, 0.4) is 0 Å². The maximum atomic E-state index is 12.8. The highest BCUT2D eigenvalue weighted by Gasteiger charge is 1.96. The molecule has 0 spiro atoms. The highest BCUT2D eigenvalue weighted by Crippen LogP contribution is 2.14. The Balaban J connectivity index is 2.56. The molecule has 72 valence electrons. The summed E-state index contributed by atoms with van der Waals surface area (Å²) in [5.41, 5.74) is 11.9. The molecule has 4 heteroatoms. The van der Waals surface area contributed by atoms with Crippen molar-refractivity contribution < 1.29 is 4.39 Å². The predicted octanol–water partition coefficient (Wildman–Crippen LogP) is 1.17. The Labute approximate surface area is 76.9 Å². The van der Waals surface area contributed by atoms with E-state index < -0.39 is 0 Å². The average Bonchev–Trinajstić information content (AvgIpc) is 2.03. The summed E-state index contributed by atoms with van der Waals surface area (Å²) >= 11 is 0. The number of hydrogen-bond acceptors (Lipinski definition) is 3. The van der Waals surface area contributed by atoms with Gasteiger partial charge in [-0.25, -0.2) is 4.39 Å². The zero-order chi connectivity index (χ0) is 9.68. The molecule has 0 heterocycles. The van der Waals surface area contributed by atoms with E-state index in [1.54, 1.807) is 6.07 Å². The fourth-order valence-electron chi connectivity index (χ4n) is 1.05. The molecule has 3 nitrogen and oxygen atoms in total. The Hall–Kier alpha value is -1.29. The van der Waals surface area contributed by atoms with Gasteiger partial charge in [0.1, 0.15) is 5.82 Å². The molecule has 0 aliphatic rings. The molecule has 1 rings (SSSR count). The van der Waals surface area contributed by atoms with Crippen molar-refractivity contribution in [2.45, 2.75) is 6.42 Å². The molecule has 13 heavy (non-hydrogen) atoms. The van der Waals surface area contributed by atoms with Gasteiger partial charge in [-0.05, 0) is 31.2 Å². The monoisotopic (exact) mass is 183 g/mol. The molecule has 0 aliphatic carbocycles. The number of hydrogen-bond donors (Lipinski definition) is 3. The molecule has 5 N–H and O–H groups in total. The highest BCUT2D eigenvalue weighted by molar-refractivity contribution is 5.54. The average molecular weight is 183 g/mol. The van der Waals surface area contributed by atoms with Crippen LogP contribution in [-0.2, 0) is 0 Å². The van der Waals surface area contributed by atoms with E-state index in [0.717, 1.165) is 13.0 Å². The summed E-state index contributed by atoms with van der Waals surface area (Å²) in [5, 5.41) is 3.03. The van der Waals surface area contributed by atoms with E-state index in [2.05, 4.69) is 5.32 Å². The molecule has 1 aromatic rings. The molecular formula is C9H14FN3. The molecule has 0 unspecified atom stereocenters. The summed E-state index contributed by atoms with van der Waals surface area (Å²) in [7, 11) is 0. The standard InChI is InChI=1S/C9H14FN3/c10-7-4-8(12)6-9(5-7)13-3-1-2-11/h4-6,13H,1-3,11-12H2. The summed E-state index contributed by atoms with van der Waals surface area (Å²) in [4.78, 5) is 0. The molecule has 0 saturated carbocycles. The molecule has 0 bridgehead atoms. The summed E-state index contributed by atoms with van der Waals surface area (Å²) in [5.74, 6) is -0.324. The zero-order valence-corrected chi connectivity index (χ0v) is 7.39. The van der Waals surface area contributed by atoms with Gasteiger partial charge in [0, 0.05) is 17.9 Å². The lowest BCUT2D eigenvalue weighted by Crippen LogP contribution is -2.08. The zero-order valence-electron chi connectivity index (χ0n) is 7.39. The Kier molecular flexibility index (Phi) is 3.52. The Morgan fingerprint density at radius 2 is 2.08 bits per heavy atom. The van der Waals surface area contributed by atoms with E-state index in [9.17, 15) is 4.39 Å². The SMILES string of the molecule is NCCCNc1cc(N)cc(F)c1. The van der Waals surface area contributed by atoms with Crippen LogP contribution in [0, 0.1) is 5.82 Å². The molecule has 0 amide bonds. The van der Waals surface area contributed by atoms with Crippen molar-refractivity contribution in [1.29, 1.82) is 0 Å². The first kappa shape index (κ1) is 9.80. The van der Waals surface area contributed by atoms with Crippen molar-refractivity contribution in [2.24, 2.45) is 5.73 Å². The van der Waals surface area contributed by atoms with Crippen LogP contribution in [0.25, 0.3) is 0 Å². The third-order valence-electron chi connectivity index (χ3n) is 1.63. The highest BCUT2D eigenvalue weighted by atomic mass is 19.1. The lowest BCUT2D eigenvalue weighted by atomic mass is 10.2. The number of halogens is 1. The van der Waals surface area contributed by atoms with Gasteiger partial charge in [0.2, 0.25) is 0 Å². The number of nitrogens with two attached hydrogens (primary N) is 2. The molecule has 0 aromatic heterocycles. The van der Waals surface area contributed by atoms with E-state index in [-0.39, 0.29) is 5.82 Å². The minimum atomic E-state index is -0.324. The van der Waals surface area contributed by atoms with Crippen LogP contribution in [0.4, 0.5) is 15.8 Å². The molecule has 1 aromatic carbocycles. The summed E-state index contributed by atoms with van der Waals surface area (Å²) in [6.07, 6.45) is 0.858. The van der Waals surface area contributed by atoms with Crippen molar-refractivity contribution in [3.63, 3.8) is 0 Å². The molecular weight excluding hydrogens is 169 g/mol. The van der Waals surface area contributed by atoms with E-state index in [0.29, 0.717) is 17.9 Å². The van der Waals surface area contributed by atoms with E-state index in [1.807, 2.05) is 0 Å². The normalized spacial score (nSPS) is 10.0. The van der Waals surface area contributed by atoms with Gasteiger partial charge in [-0.3, -0.25) is 0 Å². The molecule has 0 saturated heterocycles. The maximum absolute atomic E-state index is 12.8. The fourth-order valence-corrected chi connectivity index (χ4v) is 1.05. The van der Waals surface area contributed by atoms with Crippen LogP contribution < -0.4 is 16.8 Å². The van der Waals surface area contributed by atoms with Crippen molar-refractivity contribution in [2.75, 3.05) is 24.1 Å². The second-order valence-electron chi connectivity index (χ2n) is 2.84. The van der Waals surface area contributed by atoms with Gasteiger partial charge in [-0.2, -0.15) is 0 Å². The van der Waals surface area contributed by atoms with Gasteiger partial charge in [-0.15, -0.1) is 0 Å². The number of rotatable bonds is 4. The molecule has 0 aliphatic heterocycles. The number of benzene rings is 1. The number of nitrogens with one attached hydrogen (secondary N) is 1. The van der Waals surface area contributed by atoms with E-state index >= 15 is 0 Å². The second-order valence-corrected chi connectivity index (χ2v) is 2.84. The minimum Gasteiger partial charge on any atom is -0.399 e. The topological polar surface area (TPSA) is 64.1 Å². The smallest absolute Gasteiger partial charge is 0.127 e. The summed E-state index contributed by atoms with van der Waals surface area (Å²) < 4.78 is 12.8. The van der Waals surface area contributed by atoms with Gasteiger partial charge in [0.05, 0.1) is 0 Å². The van der Waals surface area contributed by atoms with Crippen LogP contribution in [0.5, 0.6) is 0 Å². The fraction of sp³-hybridized carbons (Fsp3) is 0.333. The van der Waals surface area contributed by atoms with Crippen molar-refractivity contribution in [3.05, 3.63) is 24.0 Å². The Morgan fingerprint density at radius 3 is 2.69 bits per heavy atom. The van der Waals surface area contributed by atoms with Crippen LogP contribution in [-0.4, -0.2) is 13.1 Å².